The summed E-state index contributed by atoms with van der Waals surface area (Å²) in [7, 11) is 3.32. The van der Waals surface area contributed by atoms with Gasteiger partial charge in [-0.2, -0.15) is 0 Å². The lowest BCUT2D eigenvalue weighted by Crippen LogP contribution is -2.22. The average Bonchev–Trinajstić information content (AvgIpc) is 3.10. The maximum atomic E-state index is 13.7. The molecular formula is C28H34FNO4. The molecule has 3 rings (SSSR count). The number of aromatic nitrogens is 1. The van der Waals surface area contributed by atoms with Gasteiger partial charge in [-0.15, -0.1) is 0 Å². The van der Waals surface area contributed by atoms with Gasteiger partial charge in [0.2, 0.25) is 0 Å². The number of carbonyl (C=O) groups is 1. The van der Waals surface area contributed by atoms with Crippen molar-refractivity contribution in [1.29, 1.82) is 0 Å². The molecule has 0 bridgehead atoms. The van der Waals surface area contributed by atoms with E-state index in [-0.39, 0.29) is 24.6 Å². The molecule has 34 heavy (non-hydrogen) atoms. The highest BCUT2D eigenvalue weighted by molar-refractivity contribution is 5.86. The van der Waals surface area contributed by atoms with Crippen LogP contribution in [0, 0.1) is 5.82 Å². The molecule has 0 amide bonds. The van der Waals surface area contributed by atoms with Crippen molar-refractivity contribution in [3.63, 3.8) is 0 Å². The standard InChI is InChI=1S/C28H34FNO4/c1-18(2)27-24(15-14-22(31)16-23(32)17-25(33)34-4)26(19-10-12-21(29)13-11-19)28(30(27)3)20-8-6-5-7-9-20/h5-13,18,22-23,31-32H,14-17H2,1-4H3. The molecule has 2 N–H and O–H groups in total. The van der Waals surface area contributed by atoms with E-state index in [9.17, 15) is 19.4 Å². The largest absolute Gasteiger partial charge is 0.469 e. The van der Waals surface area contributed by atoms with Crippen LogP contribution >= 0.6 is 0 Å². The molecule has 2 unspecified atom stereocenters. The van der Waals surface area contributed by atoms with E-state index >= 15 is 0 Å². The minimum atomic E-state index is -0.959. The van der Waals surface area contributed by atoms with Gasteiger partial charge in [0.25, 0.3) is 0 Å². The van der Waals surface area contributed by atoms with E-state index < -0.39 is 18.2 Å². The number of methoxy groups -OCH3 is 1. The summed E-state index contributed by atoms with van der Waals surface area (Å²) in [4.78, 5) is 11.4. The Morgan fingerprint density at radius 1 is 1.00 bits per heavy atom. The minimum absolute atomic E-state index is 0.0936. The first-order valence-electron chi connectivity index (χ1n) is 11.7. The Morgan fingerprint density at radius 2 is 1.65 bits per heavy atom. The van der Waals surface area contributed by atoms with Crippen LogP contribution in [0.3, 0.4) is 0 Å². The van der Waals surface area contributed by atoms with Crippen LogP contribution < -0.4 is 0 Å². The van der Waals surface area contributed by atoms with E-state index in [1.807, 2.05) is 25.2 Å². The fraction of sp³-hybridized carbons (Fsp3) is 0.393. The molecule has 182 valence electrons. The van der Waals surface area contributed by atoms with Gasteiger partial charge in [-0.25, -0.2) is 4.39 Å². The fourth-order valence-corrected chi connectivity index (χ4v) is 4.71. The third-order valence-corrected chi connectivity index (χ3v) is 6.17. The zero-order valence-corrected chi connectivity index (χ0v) is 20.3. The monoisotopic (exact) mass is 467 g/mol. The van der Waals surface area contributed by atoms with Crippen LogP contribution in [0.1, 0.15) is 50.3 Å². The number of aliphatic hydroxyl groups excluding tert-OH is 2. The van der Waals surface area contributed by atoms with Gasteiger partial charge < -0.3 is 19.5 Å². The second kappa shape index (κ2) is 11.4. The Labute approximate surface area is 200 Å². The van der Waals surface area contributed by atoms with E-state index in [2.05, 4.69) is 35.3 Å². The van der Waals surface area contributed by atoms with E-state index in [4.69, 9.17) is 0 Å². The molecule has 1 aromatic heterocycles. The smallest absolute Gasteiger partial charge is 0.308 e. The highest BCUT2D eigenvalue weighted by atomic mass is 19.1. The Hall–Kier alpha value is -2.96. The molecule has 2 atom stereocenters. The average molecular weight is 468 g/mol. The summed E-state index contributed by atoms with van der Waals surface area (Å²) in [5.41, 5.74) is 6.31. The van der Waals surface area contributed by atoms with E-state index in [1.165, 1.54) is 19.2 Å². The first kappa shape index (κ1) is 25.7. The summed E-state index contributed by atoms with van der Waals surface area (Å²) in [6.07, 6.45) is -0.788. The fourth-order valence-electron chi connectivity index (χ4n) is 4.71. The van der Waals surface area contributed by atoms with Crippen LogP contribution in [0.25, 0.3) is 22.4 Å². The molecule has 0 aliphatic heterocycles. The number of esters is 1. The minimum Gasteiger partial charge on any atom is -0.469 e. The van der Waals surface area contributed by atoms with E-state index in [0.29, 0.717) is 12.8 Å². The zero-order valence-electron chi connectivity index (χ0n) is 20.3. The van der Waals surface area contributed by atoms with Gasteiger partial charge in [-0.1, -0.05) is 56.3 Å². The summed E-state index contributed by atoms with van der Waals surface area (Å²) in [6, 6.07) is 16.6. The van der Waals surface area contributed by atoms with Gasteiger partial charge in [0.1, 0.15) is 5.82 Å². The van der Waals surface area contributed by atoms with E-state index in [1.54, 1.807) is 12.1 Å². The quantitative estimate of drug-likeness (QED) is 0.401. The summed E-state index contributed by atoms with van der Waals surface area (Å²) >= 11 is 0. The molecule has 1 heterocycles. The molecule has 3 aromatic rings. The van der Waals surface area contributed by atoms with Crippen molar-refractivity contribution in [2.75, 3.05) is 7.11 Å². The number of nitrogens with zero attached hydrogens (tertiary/aromatic N) is 1. The molecule has 0 saturated carbocycles. The van der Waals surface area contributed by atoms with Crippen LogP contribution in [0.15, 0.2) is 54.6 Å². The number of benzene rings is 2. The van der Waals surface area contributed by atoms with Crippen molar-refractivity contribution in [3.8, 4) is 22.4 Å². The van der Waals surface area contributed by atoms with Crippen LogP contribution in [-0.2, 0) is 23.0 Å². The molecule has 0 aliphatic rings. The number of aliphatic hydroxyl groups is 2. The predicted octanol–water partition coefficient (Wildman–Crippen LogP) is 5.23. The summed E-state index contributed by atoms with van der Waals surface area (Å²) in [5.74, 6) is -0.573. The number of hydrogen-bond donors (Lipinski definition) is 2. The number of rotatable bonds is 10. The first-order chi connectivity index (χ1) is 16.2. The van der Waals surface area contributed by atoms with Gasteiger partial charge in [0.05, 0.1) is 31.4 Å². The van der Waals surface area contributed by atoms with Crippen LogP contribution in [0.2, 0.25) is 0 Å². The van der Waals surface area contributed by atoms with Crippen molar-refractivity contribution in [1.82, 2.24) is 4.57 Å². The lowest BCUT2D eigenvalue weighted by molar-refractivity contribution is -0.143. The molecule has 0 saturated heterocycles. The number of ether oxygens (including phenoxy) is 1. The Balaban J connectivity index is 2.01. The number of halogens is 1. The van der Waals surface area contributed by atoms with Crippen molar-refractivity contribution in [2.24, 2.45) is 7.05 Å². The van der Waals surface area contributed by atoms with Gasteiger partial charge in [-0.3, -0.25) is 4.79 Å². The second-order valence-electron chi connectivity index (χ2n) is 9.04. The summed E-state index contributed by atoms with van der Waals surface area (Å²) in [6.45, 7) is 4.27. The molecule has 6 heteroatoms. The SMILES string of the molecule is COC(=O)CC(O)CC(O)CCc1c(-c2ccc(F)cc2)c(-c2ccccc2)n(C)c1C(C)C. The lowest BCUT2D eigenvalue weighted by Gasteiger charge is -2.17. The third kappa shape index (κ3) is 5.93. The van der Waals surface area contributed by atoms with Crippen LogP contribution in [-0.4, -0.2) is 40.1 Å². The topological polar surface area (TPSA) is 71.7 Å². The molecule has 2 aromatic carbocycles. The zero-order chi connectivity index (χ0) is 24.8. The third-order valence-electron chi connectivity index (χ3n) is 6.17. The van der Waals surface area contributed by atoms with Crippen molar-refractivity contribution in [2.45, 2.75) is 57.7 Å². The van der Waals surface area contributed by atoms with Crippen LogP contribution in [0.5, 0.6) is 0 Å². The maximum Gasteiger partial charge on any atom is 0.308 e. The molecule has 0 aliphatic carbocycles. The van der Waals surface area contributed by atoms with Gasteiger partial charge in [0.15, 0.2) is 0 Å². The Kier molecular flexibility index (Phi) is 8.64. The van der Waals surface area contributed by atoms with Crippen LogP contribution in [0.4, 0.5) is 4.39 Å². The first-order valence-corrected chi connectivity index (χ1v) is 11.7. The van der Waals surface area contributed by atoms with Gasteiger partial charge in [-0.05, 0) is 54.0 Å². The van der Waals surface area contributed by atoms with Crippen molar-refractivity contribution >= 4 is 5.97 Å². The summed E-state index contributed by atoms with van der Waals surface area (Å²) in [5, 5.41) is 20.7. The molecule has 0 spiro atoms. The van der Waals surface area contributed by atoms with E-state index in [0.717, 1.165) is 33.6 Å². The molecular weight excluding hydrogens is 433 g/mol. The second-order valence-corrected chi connectivity index (χ2v) is 9.04. The number of carbonyl (C=O) groups excluding carboxylic acids is 1. The maximum absolute atomic E-state index is 13.7. The van der Waals surface area contributed by atoms with Crippen molar-refractivity contribution in [3.05, 3.63) is 71.7 Å². The molecule has 0 radical (unpaired) electrons. The molecule has 0 fully saturated rings. The predicted molar refractivity (Wildman–Crippen MR) is 132 cm³/mol. The highest BCUT2D eigenvalue weighted by Crippen LogP contribution is 2.42. The van der Waals surface area contributed by atoms with Gasteiger partial charge >= 0.3 is 5.97 Å². The Bertz CT molecular complexity index is 1090. The lowest BCUT2D eigenvalue weighted by atomic mass is 9.91. The highest BCUT2D eigenvalue weighted by Gasteiger charge is 2.25. The molecule has 5 nitrogen and oxygen atoms in total. The summed E-state index contributed by atoms with van der Waals surface area (Å²) < 4.78 is 20.5. The Morgan fingerprint density at radius 3 is 2.24 bits per heavy atom. The number of hydrogen-bond acceptors (Lipinski definition) is 4. The normalized spacial score (nSPS) is 13.2. The van der Waals surface area contributed by atoms with Gasteiger partial charge in [0, 0.05) is 18.3 Å². The van der Waals surface area contributed by atoms with Crippen molar-refractivity contribution < 1.29 is 24.1 Å².